The fourth-order valence-electron chi connectivity index (χ4n) is 2.27. The quantitative estimate of drug-likeness (QED) is 0.859. The molecule has 0 aliphatic heterocycles. The molecule has 0 saturated carbocycles. The van der Waals surface area contributed by atoms with Crippen LogP contribution in [0.5, 0.6) is 0 Å². The summed E-state index contributed by atoms with van der Waals surface area (Å²) in [5.74, 6) is 0.820. The highest BCUT2D eigenvalue weighted by Gasteiger charge is 2.23. The van der Waals surface area contributed by atoms with Gasteiger partial charge in [0.25, 0.3) is 0 Å². The molecule has 19 heavy (non-hydrogen) atoms. The number of aryl methyl sites for hydroxylation is 1. The minimum absolute atomic E-state index is 0.214. The molecule has 2 rings (SSSR count). The van der Waals surface area contributed by atoms with E-state index in [1.807, 2.05) is 32.3 Å². The first-order chi connectivity index (χ1) is 8.71. The first-order valence-electron chi connectivity index (χ1n) is 6.02. The van der Waals surface area contributed by atoms with Crippen molar-refractivity contribution < 1.29 is 4.39 Å². The number of nitrogens with zero attached hydrogens (tertiary/aromatic N) is 2. The van der Waals surface area contributed by atoms with Crippen molar-refractivity contribution >= 4 is 17.4 Å². The van der Waals surface area contributed by atoms with Crippen LogP contribution >= 0.6 is 11.6 Å². The van der Waals surface area contributed by atoms with Crippen LogP contribution in [0.25, 0.3) is 11.3 Å². The highest BCUT2D eigenvalue weighted by molar-refractivity contribution is 6.30. The summed E-state index contributed by atoms with van der Waals surface area (Å²) >= 11 is 5.91. The Hall–Kier alpha value is -1.55. The van der Waals surface area contributed by atoms with E-state index in [4.69, 9.17) is 17.3 Å². The molecule has 2 N–H and O–H groups in total. The molecule has 1 aromatic heterocycles. The van der Waals surface area contributed by atoms with Crippen molar-refractivity contribution in [1.29, 1.82) is 0 Å². The van der Waals surface area contributed by atoms with Crippen LogP contribution in [-0.2, 0) is 5.54 Å². The number of nitrogen functional groups attached to an aromatic ring is 1. The fraction of sp³-hybridized carbons (Fsp3) is 0.357. The standard InChI is InChI=1S/C14H17ClFN3/c1-8-18-12(13(17)19(8)14(2,3)4)10-7-9(15)5-6-11(10)16/h5-7H,17H2,1-4H3. The lowest BCUT2D eigenvalue weighted by molar-refractivity contribution is 0.393. The van der Waals surface area contributed by atoms with Crippen LogP contribution in [0.2, 0.25) is 5.02 Å². The lowest BCUT2D eigenvalue weighted by Crippen LogP contribution is -2.24. The molecule has 0 spiro atoms. The summed E-state index contributed by atoms with van der Waals surface area (Å²) in [6, 6.07) is 4.37. The molecule has 1 heterocycles. The Morgan fingerprint density at radius 3 is 2.47 bits per heavy atom. The van der Waals surface area contributed by atoms with E-state index in [1.54, 1.807) is 6.07 Å². The minimum Gasteiger partial charge on any atom is -0.383 e. The second-order valence-corrected chi connectivity index (χ2v) is 5.96. The average Bonchev–Trinajstić information content (AvgIpc) is 2.57. The molecule has 2 aromatic rings. The Kier molecular flexibility index (Phi) is 3.31. The minimum atomic E-state index is -0.380. The van der Waals surface area contributed by atoms with Gasteiger partial charge in [-0.3, -0.25) is 0 Å². The number of aromatic nitrogens is 2. The first kappa shape index (κ1) is 13.9. The van der Waals surface area contributed by atoms with Gasteiger partial charge in [0.15, 0.2) is 0 Å². The summed E-state index contributed by atoms with van der Waals surface area (Å²) in [7, 11) is 0. The van der Waals surface area contributed by atoms with Gasteiger partial charge in [0.1, 0.15) is 23.2 Å². The number of hydrogen-bond donors (Lipinski definition) is 1. The van der Waals surface area contributed by atoms with Crippen LogP contribution in [0.4, 0.5) is 10.2 Å². The monoisotopic (exact) mass is 281 g/mol. The maximum Gasteiger partial charge on any atom is 0.132 e. The Bertz CT molecular complexity index is 626. The van der Waals surface area contributed by atoms with Crippen molar-refractivity contribution in [2.24, 2.45) is 0 Å². The molecule has 0 amide bonds. The average molecular weight is 282 g/mol. The van der Waals surface area contributed by atoms with Crippen molar-refractivity contribution in [3.63, 3.8) is 0 Å². The Morgan fingerprint density at radius 2 is 1.95 bits per heavy atom. The number of hydrogen-bond acceptors (Lipinski definition) is 2. The molecule has 1 aromatic carbocycles. The van der Waals surface area contributed by atoms with E-state index in [9.17, 15) is 4.39 Å². The van der Waals surface area contributed by atoms with Crippen molar-refractivity contribution in [1.82, 2.24) is 9.55 Å². The molecule has 0 atom stereocenters. The number of halogens is 2. The number of benzene rings is 1. The lowest BCUT2D eigenvalue weighted by Gasteiger charge is -2.24. The van der Waals surface area contributed by atoms with Gasteiger partial charge in [-0.25, -0.2) is 9.37 Å². The molecule has 5 heteroatoms. The Morgan fingerprint density at radius 1 is 1.32 bits per heavy atom. The van der Waals surface area contributed by atoms with Crippen LogP contribution in [0.15, 0.2) is 18.2 Å². The van der Waals surface area contributed by atoms with Crippen LogP contribution in [0, 0.1) is 12.7 Å². The maximum absolute atomic E-state index is 13.9. The van der Waals surface area contributed by atoms with E-state index >= 15 is 0 Å². The first-order valence-corrected chi connectivity index (χ1v) is 6.40. The van der Waals surface area contributed by atoms with E-state index in [2.05, 4.69) is 4.98 Å². The van der Waals surface area contributed by atoms with Gasteiger partial charge >= 0.3 is 0 Å². The third-order valence-corrected chi connectivity index (χ3v) is 3.17. The molecule has 3 nitrogen and oxygen atoms in total. The molecule has 0 aliphatic rings. The second kappa shape index (κ2) is 4.53. The number of rotatable bonds is 1. The van der Waals surface area contributed by atoms with E-state index in [0.29, 0.717) is 22.1 Å². The molecule has 0 aliphatic carbocycles. The normalized spacial score (nSPS) is 11.9. The van der Waals surface area contributed by atoms with Gasteiger partial charge in [0.05, 0.1) is 0 Å². The zero-order valence-corrected chi connectivity index (χ0v) is 12.2. The summed E-state index contributed by atoms with van der Waals surface area (Å²) in [6.07, 6.45) is 0. The summed E-state index contributed by atoms with van der Waals surface area (Å²) in [6.45, 7) is 7.93. The van der Waals surface area contributed by atoms with E-state index in [-0.39, 0.29) is 11.4 Å². The third kappa shape index (κ3) is 2.45. The summed E-state index contributed by atoms with van der Waals surface area (Å²) in [5, 5.41) is 0.457. The van der Waals surface area contributed by atoms with Crippen molar-refractivity contribution in [3.8, 4) is 11.3 Å². The second-order valence-electron chi connectivity index (χ2n) is 5.52. The van der Waals surface area contributed by atoms with E-state index < -0.39 is 0 Å². The van der Waals surface area contributed by atoms with Gasteiger partial charge in [-0.2, -0.15) is 0 Å². The largest absolute Gasteiger partial charge is 0.383 e. The number of nitrogens with two attached hydrogens (primary N) is 1. The lowest BCUT2D eigenvalue weighted by atomic mass is 10.1. The molecule has 0 bridgehead atoms. The topological polar surface area (TPSA) is 43.8 Å². The van der Waals surface area contributed by atoms with Crippen molar-refractivity contribution in [3.05, 3.63) is 34.9 Å². The maximum atomic E-state index is 13.9. The fourth-order valence-corrected chi connectivity index (χ4v) is 2.45. The molecular formula is C14H17ClFN3. The van der Waals surface area contributed by atoms with E-state index in [1.165, 1.54) is 12.1 Å². The van der Waals surface area contributed by atoms with Gasteiger partial charge in [0, 0.05) is 16.1 Å². The van der Waals surface area contributed by atoms with Crippen LogP contribution in [0.3, 0.4) is 0 Å². The predicted molar refractivity (Wildman–Crippen MR) is 76.8 cm³/mol. The SMILES string of the molecule is Cc1nc(-c2cc(Cl)ccc2F)c(N)n1C(C)(C)C. The zero-order chi connectivity index (χ0) is 14.4. The smallest absolute Gasteiger partial charge is 0.132 e. The van der Waals surface area contributed by atoms with Gasteiger partial charge in [-0.05, 0) is 45.9 Å². The van der Waals surface area contributed by atoms with Gasteiger partial charge < -0.3 is 10.3 Å². The summed E-state index contributed by atoms with van der Waals surface area (Å²) < 4.78 is 15.8. The van der Waals surface area contributed by atoms with E-state index in [0.717, 1.165) is 5.82 Å². The van der Waals surface area contributed by atoms with Crippen LogP contribution in [0.1, 0.15) is 26.6 Å². The number of anilines is 1. The Balaban J connectivity index is 2.68. The van der Waals surface area contributed by atoms with Gasteiger partial charge in [0.2, 0.25) is 0 Å². The van der Waals surface area contributed by atoms with Gasteiger partial charge in [-0.15, -0.1) is 0 Å². The summed E-state index contributed by atoms with van der Waals surface area (Å²) in [4.78, 5) is 4.39. The van der Waals surface area contributed by atoms with Crippen LogP contribution < -0.4 is 5.73 Å². The Labute approximate surface area is 117 Å². The summed E-state index contributed by atoms with van der Waals surface area (Å²) in [5.41, 5.74) is 6.69. The van der Waals surface area contributed by atoms with Crippen molar-refractivity contribution in [2.45, 2.75) is 33.2 Å². The highest BCUT2D eigenvalue weighted by atomic mass is 35.5. The van der Waals surface area contributed by atoms with Gasteiger partial charge in [-0.1, -0.05) is 11.6 Å². The molecule has 0 saturated heterocycles. The van der Waals surface area contributed by atoms with Crippen molar-refractivity contribution in [2.75, 3.05) is 5.73 Å². The molecule has 0 fully saturated rings. The highest BCUT2D eigenvalue weighted by Crippen LogP contribution is 2.33. The zero-order valence-electron chi connectivity index (χ0n) is 11.5. The molecule has 0 radical (unpaired) electrons. The third-order valence-electron chi connectivity index (χ3n) is 2.94. The number of imidazole rings is 1. The molecule has 0 unspecified atom stereocenters. The van der Waals surface area contributed by atoms with Crippen LogP contribution in [-0.4, -0.2) is 9.55 Å². The predicted octanol–water partition coefficient (Wildman–Crippen LogP) is 3.99. The molecular weight excluding hydrogens is 265 g/mol. The molecule has 102 valence electrons.